The molecule has 5 nitrogen and oxygen atoms in total. The Morgan fingerprint density at radius 2 is 1.73 bits per heavy atom. The van der Waals surface area contributed by atoms with Crippen LogP contribution in [0.5, 0.6) is 0 Å². The molecular weight excluding hydrogens is 374 g/mol. The number of para-hydroxylation sites is 1. The van der Waals surface area contributed by atoms with Crippen molar-refractivity contribution in [2.45, 2.75) is 19.9 Å². The van der Waals surface area contributed by atoms with Gasteiger partial charge in [-0.25, -0.2) is 0 Å². The summed E-state index contributed by atoms with van der Waals surface area (Å²) in [7, 11) is 1.79. The van der Waals surface area contributed by atoms with Gasteiger partial charge in [0.2, 0.25) is 5.91 Å². The first-order valence-electron chi connectivity index (χ1n) is 10.1. The Morgan fingerprint density at radius 1 is 1.00 bits per heavy atom. The fourth-order valence-corrected chi connectivity index (χ4v) is 3.85. The highest BCUT2D eigenvalue weighted by Crippen LogP contribution is 2.31. The first-order valence-corrected chi connectivity index (χ1v) is 10.1. The lowest BCUT2D eigenvalue weighted by molar-refractivity contribution is -0.114. The highest BCUT2D eigenvalue weighted by Gasteiger charge is 2.20. The van der Waals surface area contributed by atoms with Crippen molar-refractivity contribution in [2.24, 2.45) is 0 Å². The van der Waals surface area contributed by atoms with Gasteiger partial charge in [0.25, 0.3) is 5.91 Å². The van der Waals surface area contributed by atoms with E-state index in [0.29, 0.717) is 5.56 Å². The Bertz CT molecular complexity index is 1060. The van der Waals surface area contributed by atoms with Crippen molar-refractivity contribution in [1.29, 1.82) is 0 Å². The zero-order valence-corrected chi connectivity index (χ0v) is 17.3. The monoisotopic (exact) mass is 399 g/mol. The third-order valence-corrected chi connectivity index (χ3v) is 5.41. The Morgan fingerprint density at radius 3 is 2.43 bits per heavy atom. The predicted molar refractivity (Wildman–Crippen MR) is 121 cm³/mol. The minimum atomic E-state index is -0.0580. The van der Waals surface area contributed by atoms with Gasteiger partial charge in [-0.15, -0.1) is 0 Å². The van der Waals surface area contributed by atoms with Gasteiger partial charge >= 0.3 is 0 Å². The van der Waals surface area contributed by atoms with E-state index in [-0.39, 0.29) is 11.8 Å². The van der Waals surface area contributed by atoms with Crippen LogP contribution in [0.3, 0.4) is 0 Å². The molecule has 1 aliphatic heterocycles. The predicted octanol–water partition coefficient (Wildman–Crippen LogP) is 4.48. The molecule has 1 N–H and O–H groups in total. The van der Waals surface area contributed by atoms with E-state index in [1.54, 1.807) is 11.9 Å². The summed E-state index contributed by atoms with van der Waals surface area (Å²) in [5, 5.41) is 2.84. The number of carbonyl (C=O) groups excluding carboxylic acids is 2. The number of nitrogens with one attached hydrogen (secondary N) is 1. The number of anilines is 3. The van der Waals surface area contributed by atoms with Crippen molar-refractivity contribution in [3.05, 3.63) is 89.5 Å². The second-order valence-electron chi connectivity index (χ2n) is 7.59. The number of fused-ring (bicyclic) bond motifs is 1. The van der Waals surface area contributed by atoms with Crippen LogP contribution in [0.15, 0.2) is 72.8 Å². The Hall–Kier alpha value is -3.60. The minimum Gasteiger partial charge on any atom is -0.367 e. The van der Waals surface area contributed by atoms with Crippen molar-refractivity contribution in [3.8, 4) is 0 Å². The van der Waals surface area contributed by atoms with Crippen LogP contribution >= 0.6 is 0 Å². The zero-order valence-electron chi connectivity index (χ0n) is 17.3. The summed E-state index contributed by atoms with van der Waals surface area (Å²) in [5.41, 5.74) is 6.00. The number of amides is 2. The smallest absolute Gasteiger partial charge is 0.258 e. The van der Waals surface area contributed by atoms with Crippen LogP contribution in [0, 0.1) is 0 Å². The first kappa shape index (κ1) is 19.7. The van der Waals surface area contributed by atoms with Crippen LogP contribution in [0.25, 0.3) is 0 Å². The SMILES string of the molecule is CC(=O)Nc1ccc2c(c1)CCN2Cc1ccc(C(=O)N(C)c2ccccc2)cc1. The van der Waals surface area contributed by atoms with Gasteiger partial charge in [0.1, 0.15) is 0 Å². The topological polar surface area (TPSA) is 52.7 Å². The molecule has 0 aliphatic carbocycles. The number of hydrogen-bond donors (Lipinski definition) is 1. The molecule has 2 amide bonds. The molecule has 0 fully saturated rings. The fraction of sp³-hybridized carbons (Fsp3) is 0.200. The quantitative estimate of drug-likeness (QED) is 0.688. The van der Waals surface area contributed by atoms with E-state index in [9.17, 15) is 9.59 Å². The van der Waals surface area contributed by atoms with E-state index in [4.69, 9.17) is 0 Å². The highest BCUT2D eigenvalue weighted by molar-refractivity contribution is 6.05. The summed E-state index contributed by atoms with van der Waals surface area (Å²) in [6.07, 6.45) is 0.960. The Labute approximate surface area is 176 Å². The van der Waals surface area contributed by atoms with Gasteiger partial charge in [-0.05, 0) is 60.0 Å². The van der Waals surface area contributed by atoms with Crippen molar-refractivity contribution >= 4 is 28.9 Å². The third-order valence-electron chi connectivity index (χ3n) is 5.41. The number of hydrogen-bond acceptors (Lipinski definition) is 3. The lowest BCUT2D eigenvalue weighted by Gasteiger charge is -2.20. The van der Waals surface area contributed by atoms with Crippen LogP contribution < -0.4 is 15.1 Å². The standard InChI is InChI=1S/C25H25N3O2/c1-18(29)26-22-12-13-24-21(16-22)14-15-28(24)17-19-8-10-20(11-9-19)25(30)27(2)23-6-4-3-5-7-23/h3-13,16H,14-15,17H2,1-2H3,(H,26,29). The summed E-state index contributed by atoms with van der Waals surface area (Å²) >= 11 is 0. The molecule has 0 saturated carbocycles. The van der Waals surface area contributed by atoms with Crippen molar-refractivity contribution in [3.63, 3.8) is 0 Å². The molecule has 3 aromatic rings. The molecule has 1 heterocycles. The largest absolute Gasteiger partial charge is 0.367 e. The molecule has 0 radical (unpaired) electrons. The van der Waals surface area contributed by atoms with Gasteiger partial charge < -0.3 is 15.1 Å². The molecule has 5 heteroatoms. The molecule has 0 bridgehead atoms. The normalized spacial score (nSPS) is 12.4. The molecule has 0 unspecified atom stereocenters. The van der Waals surface area contributed by atoms with Gasteiger partial charge in [-0.3, -0.25) is 9.59 Å². The molecule has 0 atom stereocenters. The highest BCUT2D eigenvalue weighted by atomic mass is 16.2. The van der Waals surface area contributed by atoms with Crippen LogP contribution in [0.4, 0.5) is 17.1 Å². The minimum absolute atomic E-state index is 0.0234. The second-order valence-corrected chi connectivity index (χ2v) is 7.59. The molecular formula is C25H25N3O2. The molecule has 30 heavy (non-hydrogen) atoms. The van der Waals surface area contributed by atoms with Gasteiger partial charge in [0.15, 0.2) is 0 Å². The molecule has 0 saturated heterocycles. The Balaban J connectivity index is 1.44. The summed E-state index contributed by atoms with van der Waals surface area (Å²) < 4.78 is 0. The van der Waals surface area contributed by atoms with Crippen molar-refractivity contribution in [1.82, 2.24) is 0 Å². The number of carbonyl (C=O) groups is 2. The number of nitrogens with zero attached hydrogens (tertiary/aromatic N) is 2. The number of rotatable bonds is 5. The molecule has 4 rings (SSSR count). The summed E-state index contributed by atoms with van der Waals surface area (Å²) in [6, 6.07) is 23.5. The maximum Gasteiger partial charge on any atom is 0.258 e. The second kappa shape index (κ2) is 8.41. The molecule has 0 aromatic heterocycles. The third kappa shape index (κ3) is 4.20. The van der Waals surface area contributed by atoms with Crippen LogP contribution in [-0.2, 0) is 17.8 Å². The van der Waals surface area contributed by atoms with Gasteiger partial charge in [0.05, 0.1) is 0 Å². The maximum atomic E-state index is 12.8. The summed E-state index contributed by atoms with van der Waals surface area (Å²) in [5.74, 6) is -0.0814. The van der Waals surface area contributed by atoms with Crippen molar-refractivity contribution < 1.29 is 9.59 Å². The van der Waals surface area contributed by atoms with E-state index in [1.807, 2.05) is 60.7 Å². The Kier molecular flexibility index (Phi) is 5.53. The van der Waals surface area contributed by atoms with E-state index < -0.39 is 0 Å². The van der Waals surface area contributed by atoms with E-state index >= 15 is 0 Å². The van der Waals surface area contributed by atoms with E-state index in [0.717, 1.165) is 36.4 Å². The van der Waals surface area contributed by atoms with Crippen LogP contribution in [0.1, 0.15) is 28.4 Å². The zero-order chi connectivity index (χ0) is 21.1. The van der Waals surface area contributed by atoms with E-state index in [1.165, 1.54) is 18.2 Å². The van der Waals surface area contributed by atoms with Gasteiger partial charge in [-0.1, -0.05) is 30.3 Å². The van der Waals surface area contributed by atoms with Gasteiger partial charge in [0, 0.05) is 49.7 Å². The van der Waals surface area contributed by atoms with Crippen LogP contribution in [-0.4, -0.2) is 25.4 Å². The molecule has 1 aliphatic rings. The average molecular weight is 399 g/mol. The fourth-order valence-electron chi connectivity index (χ4n) is 3.85. The van der Waals surface area contributed by atoms with E-state index in [2.05, 4.69) is 22.3 Å². The van der Waals surface area contributed by atoms with Crippen LogP contribution in [0.2, 0.25) is 0 Å². The first-order chi connectivity index (χ1) is 14.5. The summed E-state index contributed by atoms with van der Waals surface area (Å²) in [6.45, 7) is 3.25. The molecule has 152 valence electrons. The molecule has 3 aromatic carbocycles. The average Bonchev–Trinajstić information content (AvgIpc) is 3.15. The lowest BCUT2D eigenvalue weighted by Crippen LogP contribution is -2.26. The van der Waals surface area contributed by atoms with Crippen molar-refractivity contribution in [2.75, 3.05) is 28.7 Å². The summed E-state index contributed by atoms with van der Waals surface area (Å²) in [4.78, 5) is 28.0. The molecule has 0 spiro atoms. The lowest BCUT2D eigenvalue weighted by atomic mass is 10.1. The van der Waals surface area contributed by atoms with Gasteiger partial charge in [-0.2, -0.15) is 0 Å². The number of benzene rings is 3. The maximum absolute atomic E-state index is 12.8.